The molecule has 0 atom stereocenters. The smallest absolute Gasteiger partial charge is 0.240 e. The molecule has 1 N–H and O–H groups in total. The van der Waals surface area contributed by atoms with E-state index < -0.39 is 0 Å². The Balaban J connectivity index is 1.75. The first kappa shape index (κ1) is 11.4. The van der Waals surface area contributed by atoms with E-state index in [1.165, 1.54) is 0 Å². The van der Waals surface area contributed by atoms with Gasteiger partial charge in [-0.25, -0.2) is 0 Å². The van der Waals surface area contributed by atoms with Crippen molar-refractivity contribution >= 4 is 5.91 Å². The van der Waals surface area contributed by atoms with Gasteiger partial charge in [0.15, 0.2) is 5.79 Å². The molecule has 3 fully saturated rings. The molecule has 5 nitrogen and oxygen atoms in total. The highest BCUT2D eigenvalue weighted by Gasteiger charge is 2.52. The van der Waals surface area contributed by atoms with Gasteiger partial charge in [-0.05, 0) is 19.9 Å². The predicted octanol–water partition coefficient (Wildman–Crippen LogP) is 0.104. The first-order chi connectivity index (χ1) is 8.17. The van der Waals surface area contributed by atoms with Crippen LogP contribution in [0.4, 0.5) is 0 Å². The highest BCUT2D eigenvalue weighted by atomic mass is 16.7. The summed E-state index contributed by atoms with van der Waals surface area (Å²) in [4.78, 5) is 14.4. The zero-order chi connectivity index (χ0) is 11.9. The lowest BCUT2D eigenvalue weighted by Crippen LogP contribution is -2.65. The van der Waals surface area contributed by atoms with Crippen molar-refractivity contribution in [1.29, 1.82) is 0 Å². The molecule has 0 aromatic rings. The molecule has 17 heavy (non-hydrogen) atoms. The topological polar surface area (TPSA) is 50.8 Å². The summed E-state index contributed by atoms with van der Waals surface area (Å²) in [6, 6.07) is 0. The lowest BCUT2D eigenvalue weighted by atomic mass is 9.76. The maximum atomic E-state index is 12.2. The van der Waals surface area contributed by atoms with Gasteiger partial charge < -0.3 is 14.8 Å². The van der Waals surface area contributed by atoms with Crippen LogP contribution < -0.4 is 5.32 Å². The van der Waals surface area contributed by atoms with E-state index >= 15 is 0 Å². The van der Waals surface area contributed by atoms with Crippen LogP contribution in [0.5, 0.6) is 0 Å². The van der Waals surface area contributed by atoms with Crippen LogP contribution in [0.3, 0.4) is 0 Å². The number of carbonyl (C=O) groups is 1. The van der Waals surface area contributed by atoms with Gasteiger partial charge in [-0.1, -0.05) is 0 Å². The van der Waals surface area contributed by atoms with Crippen LogP contribution >= 0.6 is 0 Å². The fourth-order valence-electron chi connectivity index (χ4n) is 3.33. The number of ether oxygens (including phenoxy) is 2. The monoisotopic (exact) mass is 240 g/mol. The molecule has 96 valence electrons. The highest BCUT2D eigenvalue weighted by molar-refractivity contribution is 5.87. The van der Waals surface area contributed by atoms with Crippen LogP contribution in [0, 0.1) is 0 Å². The van der Waals surface area contributed by atoms with Crippen LogP contribution in [0.2, 0.25) is 0 Å². The quantitative estimate of drug-likeness (QED) is 0.652. The third-order valence-electron chi connectivity index (χ3n) is 4.54. The normalized spacial score (nSPS) is 31.9. The molecule has 2 aliphatic heterocycles. The number of nitrogens with one attached hydrogen (secondary N) is 1. The van der Waals surface area contributed by atoms with Gasteiger partial charge in [-0.2, -0.15) is 0 Å². The van der Waals surface area contributed by atoms with E-state index in [0.717, 1.165) is 38.8 Å². The SMILES string of the molecule is CN1CCNC(=O)C12CCC1(CC2)OCCO1. The van der Waals surface area contributed by atoms with Gasteiger partial charge in [0.05, 0.1) is 13.2 Å². The molecular formula is C12H20N2O3. The first-order valence-electron chi connectivity index (χ1n) is 6.44. The van der Waals surface area contributed by atoms with Gasteiger partial charge >= 0.3 is 0 Å². The Labute approximate surface area is 101 Å². The van der Waals surface area contributed by atoms with Gasteiger partial charge in [0.25, 0.3) is 0 Å². The van der Waals surface area contributed by atoms with E-state index in [4.69, 9.17) is 9.47 Å². The minimum absolute atomic E-state index is 0.180. The Morgan fingerprint density at radius 3 is 2.41 bits per heavy atom. The Morgan fingerprint density at radius 1 is 1.18 bits per heavy atom. The molecule has 0 aromatic heterocycles. The number of likely N-dealkylation sites (N-methyl/N-ethyl adjacent to an activating group) is 1. The molecular weight excluding hydrogens is 220 g/mol. The molecule has 0 aromatic carbocycles. The standard InChI is InChI=1S/C12H20N2O3/c1-14-7-6-13-10(15)11(14)2-4-12(5-3-11)16-8-9-17-12/h2-9H2,1H3,(H,13,15). The average Bonchev–Trinajstić information content (AvgIpc) is 2.78. The van der Waals surface area contributed by atoms with E-state index in [1.807, 2.05) is 7.05 Å². The van der Waals surface area contributed by atoms with E-state index in [2.05, 4.69) is 10.2 Å². The van der Waals surface area contributed by atoms with Crippen molar-refractivity contribution in [1.82, 2.24) is 10.2 Å². The third kappa shape index (κ3) is 1.68. The Bertz CT molecular complexity index is 316. The fourth-order valence-corrected chi connectivity index (χ4v) is 3.33. The van der Waals surface area contributed by atoms with Crippen LogP contribution in [-0.4, -0.2) is 55.5 Å². The number of amides is 1. The van der Waals surface area contributed by atoms with Gasteiger partial charge in [0.2, 0.25) is 5.91 Å². The molecule has 0 bridgehead atoms. The lowest BCUT2D eigenvalue weighted by molar-refractivity contribution is -0.196. The molecule has 0 unspecified atom stereocenters. The zero-order valence-corrected chi connectivity index (χ0v) is 10.3. The van der Waals surface area contributed by atoms with Crippen molar-refractivity contribution < 1.29 is 14.3 Å². The number of piperazine rings is 1. The average molecular weight is 240 g/mol. The Kier molecular flexibility index (Phi) is 2.65. The largest absolute Gasteiger partial charge is 0.353 e. The predicted molar refractivity (Wildman–Crippen MR) is 61.5 cm³/mol. The van der Waals surface area contributed by atoms with Gasteiger partial charge in [0.1, 0.15) is 5.54 Å². The number of hydrogen-bond acceptors (Lipinski definition) is 4. The molecule has 2 spiro atoms. The summed E-state index contributed by atoms with van der Waals surface area (Å²) >= 11 is 0. The van der Waals surface area contributed by atoms with E-state index in [-0.39, 0.29) is 17.2 Å². The molecule has 2 saturated heterocycles. The molecule has 2 heterocycles. The van der Waals surface area contributed by atoms with Crippen molar-refractivity contribution in [2.75, 3.05) is 33.4 Å². The summed E-state index contributed by atoms with van der Waals surface area (Å²) in [6.45, 7) is 3.07. The molecule has 1 amide bonds. The molecule has 3 rings (SSSR count). The summed E-state index contributed by atoms with van der Waals surface area (Å²) in [5.74, 6) is -0.205. The minimum atomic E-state index is -0.385. The van der Waals surface area contributed by atoms with Crippen LogP contribution in [0.1, 0.15) is 25.7 Å². The van der Waals surface area contributed by atoms with Crippen molar-refractivity contribution in [2.24, 2.45) is 0 Å². The Morgan fingerprint density at radius 2 is 1.82 bits per heavy atom. The summed E-state index contributed by atoms with van der Waals surface area (Å²) in [7, 11) is 2.05. The zero-order valence-electron chi connectivity index (χ0n) is 10.3. The summed E-state index contributed by atoms with van der Waals surface area (Å²) in [5.41, 5.74) is -0.321. The second kappa shape index (κ2) is 3.93. The highest BCUT2D eigenvalue weighted by Crippen LogP contribution is 2.43. The molecule has 3 aliphatic rings. The summed E-state index contributed by atoms with van der Waals surface area (Å²) < 4.78 is 11.4. The maximum Gasteiger partial charge on any atom is 0.240 e. The van der Waals surface area contributed by atoms with Crippen LogP contribution in [0.15, 0.2) is 0 Å². The maximum absolute atomic E-state index is 12.2. The van der Waals surface area contributed by atoms with E-state index in [9.17, 15) is 4.79 Å². The number of nitrogens with zero attached hydrogens (tertiary/aromatic N) is 1. The van der Waals surface area contributed by atoms with Crippen molar-refractivity contribution in [3.8, 4) is 0 Å². The van der Waals surface area contributed by atoms with Gasteiger partial charge in [-0.15, -0.1) is 0 Å². The van der Waals surface area contributed by atoms with Crippen molar-refractivity contribution in [2.45, 2.75) is 37.0 Å². The molecule has 0 radical (unpaired) electrons. The van der Waals surface area contributed by atoms with Crippen molar-refractivity contribution in [3.05, 3.63) is 0 Å². The Hall–Kier alpha value is -0.650. The fraction of sp³-hybridized carbons (Fsp3) is 0.917. The second-order valence-corrected chi connectivity index (χ2v) is 5.32. The number of carbonyl (C=O) groups excluding carboxylic acids is 1. The molecule has 1 aliphatic carbocycles. The van der Waals surface area contributed by atoms with Crippen LogP contribution in [-0.2, 0) is 14.3 Å². The van der Waals surface area contributed by atoms with E-state index in [1.54, 1.807) is 0 Å². The van der Waals surface area contributed by atoms with Gasteiger partial charge in [0, 0.05) is 25.9 Å². The summed E-state index contributed by atoms with van der Waals surface area (Å²) in [5, 5.41) is 2.99. The third-order valence-corrected chi connectivity index (χ3v) is 4.54. The second-order valence-electron chi connectivity index (χ2n) is 5.32. The van der Waals surface area contributed by atoms with E-state index in [0.29, 0.717) is 13.2 Å². The molecule has 1 saturated carbocycles. The minimum Gasteiger partial charge on any atom is -0.353 e. The first-order valence-corrected chi connectivity index (χ1v) is 6.44. The van der Waals surface area contributed by atoms with Crippen molar-refractivity contribution in [3.63, 3.8) is 0 Å². The molecule has 5 heteroatoms. The number of hydrogen-bond donors (Lipinski definition) is 1. The lowest BCUT2D eigenvalue weighted by Gasteiger charge is -2.49. The summed E-state index contributed by atoms with van der Waals surface area (Å²) in [6.07, 6.45) is 3.31. The van der Waals surface area contributed by atoms with Gasteiger partial charge in [-0.3, -0.25) is 9.69 Å². The van der Waals surface area contributed by atoms with Crippen LogP contribution in [0.25, 0.3) is 0 Å². The number of rotatable bonds is 0.